The summed E-state index contributed by atoms with van der Waals surface area (Å²) >= 11 is 0. The molecular formula is C19H20N6O. The molecule has 0 atom stereocenters. The fourth-order valence-electron chi connectivity index (χ4n) is 3.84. The van der Waals surface area contributed by atoms with Gasteiger partial charge in [0.15, 0.2) is 5.82 Å². The molecule has 7 nitrogen and oxygen atoms in total. The number of benzene rings is 1. The Labute approximate surface area is 151 Å². The van der Waals surface area contributed by atoms with Gasteiger partial charge in [0.05, 0.1) is 23.6 Å². The second-order valence-corrected chi connectivity index (χ2v) is 7.04. The van der Waals surface area contributed by atoms with Crippen LogP contribution < -0.4 is 9.80 Å². The fraction of sp³-hybridized carbons (Fsp3) is 0.368. The molecule has 0 bridgehead atoms. The molecule has 5 rings (SSSR count). The summed E-state index contributed by atoms with van der Waals surface area (Å²) in [5.41, 5.74) is 1.86. The molecule has 26 heavy (non-hydrogen) atoms. The maximum absolute atomic E-state index is 11.9. The molecule has 0 unspecified atom stereocenters. The number of carbonyl (C=O) groups is 1. The fourth-order valence-corrected chi connectivity index (χ4v) is 3.84. The lowest BCUT2D eigenvalue weighted by molar-refractivity contribution is -0.117. The summed E-state index contributed by atoms with van der Waals surface area (Å²) in [6.45, 7) is 4.48. The van der Waals surface area contributed by atoms with E-state index < -0.39 is 0 Å². The molecule has 2 aromatic heterocycles. The third-order valence-corrected chi connectivity index (χ3v) is 5.36. The van der Waals surface area contributed by atoms with E-state index in [1.165, 1.54) is 0 Å². The van der Waals surface area contributed by atoms with E-state index in [0.717, 1.165) is 54.0 Å². The summed E-state index contributed by atoms with van der Waals surface area (Å²) < 4.78 is 1.97. The highest BCUT2D eigenvalue weighted by atomic mass is 16.2. The highest BCUT2D eigenvalue weighted by molar-refractivity contribution is 5.95. The van der Waals surface area contributed by atoms with Crippen molar-refractivity contribution in [3.63, 3.8) is 0 Å². The lowest BCUT2D eigenvalue weighted by atomic mass is 10.1. The average molecular weight is 348 g/mol. The second-order valence-electron chi connectivity index (χ2n) is 7.04. The van der Waals surface area contributed by atoms with Crippen LogP contribution in [-0.2, 0) is 4.79 Å². The topological polar surface area (TPSA) is 67.2 Å². The molecule has 2 fully saturated rings. The molecule has 2 aliphatic rings. The number of hydrogen-bond acceptors (Lipinski definition) is 5. The number of nitrogens with zero attached hydrogens (tertiary/aromatic N) is 6. The van der Waals surface area contributed by atoms with Gasteiger partial charge < -0.3 is 9.80 Å². The van der Waals surface area contributed by atoms with Crippen molar-refractivity contribution in [1.82, 2.24) is 20.0 Å². The summed E-state index contributed by atoms with van der Waals surface area (Å²) in [4.78, 5) is 16.0. The van der Waals surface area contributed by atoms with Crippen LogP contribution in [0.15, 0.2) is 36.7 Å². The van der Waals surface area contributed by atoms with Gasteiger partial charge in [-0.3, -0.25) is 9.48 Å². The van der Waals surface area contributed by atoms with E-state index in [1.807, 2.05) is 34.8 Å². The van der Waals surface area contributed by atoms with Gasteiger partial charge in [0.25, 0.3) is 0 Å². The lowest BCUT2D eigenvalue weighted by Gasteiger charge is -2.40. The molecule has 2 saturated heterocycles. The lowest BCUT2D eigenvalue weighted by Crippen LogP contribution is -2.48. The minimum absolute atomic E-state index is 0.196. The molecule has 1 amide bonds. The number of fused-ring (bicyclic) bond motifs is 1. The molecular weight excluding hydrogens is 328 g/mol. The van der Waals surface area contributed by atoms with Crippen molar-refractivity contribution in [3.05, 3.63) is 42.4 Å². The molecule has 0 spiro atoms. The first-order chi connectivity index (χ1) is 12.7. The molecule has 4 heterocycles. The number of hydrogen-bond donors (Lipinski definition) is 0. The predicted molar refractivity (Wildman–Crippen MR) is 99.3 cm³/mol. The average Bonchev–Trinajstić information content (AvgIpc) is 3.25. The van der Waals surface area contributed by atoms with Gasteiger partial charge in [-0.15, -0.1) is 5.10 Å². The van der Waals surface area contributed by atoms with Crippen LogP contribution in [0.2, 0.25) is 0 Å². The van der Waals surface area contributed by atoms with E-state index in [1.54, 1.807) is 6.20 Å². The molecule has 2 aliphatic heterocycles. The Bertz CT molecular complexity index is 991. The minimum atomic E-state index is 0.196. The van der Waals surface area contributed by atoms with Crippen LogP contribution in [-0.4, -0.2) is 45.5 Å². The quantitative estimate of drug-likeness (QED) is 0.727. The van der Waals surface area contributed by atoms with E-state index in [0.29, 0.717) is 12.5 Å². The number of aromatic nitrogens is 4. The Hall–Kier alpha value is -2.96. The van der Waals surface area contributed by atoms with Crippen LogP contribution in [0.4, 0.5) is 11.5 Å². The third-order valence-electron chi connectivity index (χ3n) is 5.36. The standard InChI is InChI=1S/C19H20N6O/c1-13-16-5-2-3-6-17(16)19(22-21-13)23-10-15(11-23)25-12-14(9-20-25)24-8-4-7-18(24)26/h2-3,5-6,9,12,15H,4,7-8,10-11H2,1H3. The third kappa shape index (κ3) is 2.34. The molecule has 0 radical (unpaired) electrons. The monoisotopic (exact) mass is 348 g/mol. The van der Waals surface area contributed by atoms with Gasteiger partial charge in [0.1, 0.15) is 0 Å². The summed E-state index contributed by atoms with van der Waals surface area (Å²) in [7, 11) is 0. The van der Waals surface area contributed by atoms with E-state index in [2.05, 4.69) is 32.3 Å². The van der Waals surface area contributed by atoms with Gasteiger partial charge in [0.2, 0.25) is 5.91 Å². The molecule has 0 aliphatic carbocycles. The molecule has 0 saturated carbocycles. The number of carbonyl (C=O) groups excluding carboxylic acids is 1. The number of rotatable bonds is 3. The predicted octanol–water partition coefficient (Wildman–Crippen LogP) is 2.32. The SMILES string of the molecule is Cc1nnc(N2CC(n3cc(N4CCCC4=O)cn3)C2)c2ccccc12. The summed E-state index contributed by atoms with van der Waals surface area (Å²) in [5.74, 6) is 1.13. The van der Waals surface area contributed by atoms with Gasteiger partial charge in [-0.2, -0.15) is 10.2 Å². The van der Waals surface area contributed by atoms with Crippen molar-refractivity contribution < 1.29 is 4.79 Å². The normalized spacial score (nSPS) is 18.0. The van der Waals surface area contributed by atoms with Crippen LogP contribution in [0, 0.1) is 6.92 Å². The first-order valence-electron chi connectivity index (χ1n) is 9.02. The Kier molecular flexibility index (Phi) is 3.41. The van der Waals surface area contributed by atoms with Crippen LogP contribution >= 0.6 is 0 Å². The van der Waals surface area contributed by atoms with Crippen molar-refractivity contribution in [1.29, 1.82) is 0 Å². The summed E-state index contributed by atoms with van der Waals surface area (Å²) in [6.07, 6.45) is 5.36. The highest BCUT2D eigenvalue weighted by Crippen LogP contribution is 2.32. The maximum Gasteiger partial charge on any atom is 0.227 e. The zero-order chi connectivity index (χ0) is 17.7. The molecule has 132 valence electrons. The Morgan fingerprint density at radius 2 is 1.92 bits per heavy atom. The zero-order valence-electron chi connectivity index (χ0n) is 14.7. The second kappa shape index (κ2) is 5.79. The number of amides is 1. The van der Waals surface area contributed by atoms with E-state index in [-0.39, 0.29) is 5.91 Å². The number of aryl methyl sites for hydroxylation is 1. The Morgan fingerprint density at radius 1 is 1.12 bits per heavy atom. The van der Waals surface area contributed by atoms with Crippen molar-refractivity contribution >= 4 is 28.2 Å². The maximum atomic E-state index is 11.9. The largest absolute Gasteiger partial charge is 0.350 e. The Balaban J connectivity index is 1.35. The van der Waals surface area contributed by atoms with Gasteiger partial charge in [-0.1, -0.05) is 24.3 Å². The smallest absolute Gasteiger partial charge is 0.227 e. The first-order valence-corrected chi connectivity index (χ1v) is 9.02. The van der Waals surface area contributed by atoms with Crippen LogP contribution in [0.5, 0.6) is 0 Å². The van der Waals surface area contributed by atoms with E-state index in [4.69, 9.17) is 0 Å². The van der Waals surface area contributed by atoms with E-state index >= 15 is 0 Å². The van der Waals surface area contributed by atoms with Gasteiger partial charge >= 0.3 is 0 Å². The minimum Gasteiger partial charge on any atom is -0.350 e. The van der Waals surface area contributed by atoms with Crippen molar-refractivity contribution in [3.8, 4) is 0 Å². The summed E-state index contributed by atoms with van der Waals surface area (Å²) in [6, 6.07) is 8.56. The molecule has 1 aromatic carbocycles. The highest BCUT2D eigenvalue weighted by Gasteiger charge is 2.32. The van der Waals surface area contributed by atoms with Gasteiger partial charge in [-0.05, 0) is 13.3 Å². The van der Waals surface area contributed by atoms with Crippen molar-refractivity contribution in [2.75, 3.05) is 29.4 Å². The molecule has 7 heteroatoms. The van der Waals surface area contributed by atoms with Crippen LogP contribution in [0.3, 0.4) is 0 Å². The molecule has 3 aromatic rings. The van der Waals surface area contributed by atoms with Gasteiger partial charge in [-0.25, -0.2) is 0 Å². The van der Waals surface area contributed by atoms with Crippen molar-refractivity contribution in [2.24, 2.45) is 0 Å². The van der Waals surface area contributed by atoms with Crippen molar-refractivity contribution in [2.45, 2.75) is 25.8 Å². The Morgan fingerprint density at radius 3 is 2.69 bits per heavy atom. The molecule has 0 N–H and O–H groups in total. The number of anilines is 2. The van der Waals surface area contributed by atoms with Gasteiger partial charge in [0, 0.05) is 43.0 Å². The van der Waals surface area contributed by atoms with E-state index in [9.17, 15) is 4.79 Å². The summed E-state index contributed by atoms with van der Waals surface area (Å²) in [5, 5.41) is 15.5. The van der Waals surface area contributed by atoms with Crippen LogP contribution in [0.25, 0.3) is 10.8 Å². The zero-order valence-corrected chi connectivity index (χ0v) is 14.7. The van der Waals surface area contributed by atoms with Crippen LogP contribution in [0.1, 0.15) is 24.6 Å². The first kappa shape index (κ1) is 15.3.